The Morgan fingerprint density at radius 3 is 2.58 bits per heavy atom. The molecule has 10 heteroatoms. The number of allylic oxidation sites excluding steroid dienone is 1. The summed E-state index contributed by atoms with van der Waals surface area (Å²) in [5, 5.41) is 8.41. The van der Waals surface area contributed by atoms with E-state index >= 15 is 0 Å². The molecule has 0 saturated carbocycles. The average molecular weight is 569 g/mol. The van der Waals surface area contributed by atoms with E-state index < -0.39 is 11.9 Å². The molecule has 0 fully saturated rings. The van der Waals surface area contributed by atoms with Crippen molar-refractivity contribution in [3.63, 3.8) is 0 Å². The molecule has 6 rings (SSSR count). The van der Waals surface area contributed by atoms with Gasteiger partial charge in [0.05, 0.1) is 40.8 Å². The second-order valence-electron chi connectivity index (χ2n) is 10.2. The highest BCUT2D eigenvalue weighted by atomic mass is 16.2. The Bertz CT molecular complexity index is 2080. The molecule has 212 valence electrons. The van der Waals surface area contributed by atoms with Crippen LogP contribution < -0.4 is 16.6 Å². The Hall–Kier alpha value is -5.82. The first-order valence-electron chi connectivity index (χ1n) is 13.7. The summed E-state index contributed by atoms with van der Waals surface area (Å²) < 4.78 is 3.37. The summed E-state index contributed by atoms with van der Waals surface area (Å²) >= 11 is 0. The quantitative estimate of drug-likeness (QED) is 0.307. The van der Waals surface area contributed by atoms with E-state index in [-0.39, 0.29) is 17.1 Å². The lowest BCUT2D eigenvalue weighted by Crippen LogP contribution is -2.33. The van der Waals surface area contributed by atoms with Crippen LogP contribution in [0.3, 0.4) is 0 Å². The smallest absolute Gasteiger partial charge is 0.274 e. The number of hydrogen-bond donors (Lipinski definition) is 2. The molecule has 0 unspecified atom stereocenters. The second kappa shape index (κ2) is 11.2. The normalized spacial score (nSPS) is 13.0. The lowest BCUT2D eigenvalue weighted by atomic mass is 10.0. The van der Waals surface area contributed by atoms with Crippen molar-refractivity contribution in [2.45, 2.75) is 26.3 Å². The summed E-state index contributed by atoms with van der Waals surface area (Å²) in [6.07, 6.45) is 7.55. The number of nitrogens with zero attached hydrogens (tertiary/aromatic N) is 6. The average Bonchev–Trinajstić information content (AvgIpc) is 3.66. The molecule has 1 amide bonds. The van der Waals surface area contributed by atoms with Gasteiger partial charge in [-0.3, -0.25) is 23.8 Å². The van der Waals surface area contributed by atoms with E-state index in [1.165, 1.54) is 6.20 Å². The standard InChI is InChI=1S/C33H28N8O2/c1-20(38-32(42)30-31(34)36-19-27(39-30)26-13-8-16-35-26)28-17-23-10-7-9-22(14-15-24-18-37-40(3)21(24)2)29(23)33(43)41(28)25-11-5-4-6-12-25/h4-7,9-13,16-20H,8H2,1-3H3,(H2,34,36)(H,38,42)/t20-/m1/s1. The molecule has 10 nitrogen and oxygen atoms in total. The van der Waals surface area contributed by atoms with Crippen molar-refractivity contribution in [1.82, 2.24) is 29.6 Å². The number of carbonyl (C=O) groups is 1. The molecule has 3 N–H and O–H groups in total. The molecule has 2 aromatic carbocycles. The molecule has 1 aliphatic heterocycles. The van der Waals surface area contributed by atoms with Crippen LogP contribution in [0.2, 0.25) is 0 Å². The van der Waals surface area contributed by atoms with Gasteiger partial charge >= 0.3 is 0 Å². The zero-order chi connectivity index (χ0) is 30.1. The fraction of sp³-hybridized carbons (Fsp3) is 0.152. The Balaban J connectivity index is 1.44. The van der Waals surface area contributed by atoms with Gasteiger partial charge in [-0.1, -0.05) is 48.2 Å². The summed E-state index contributed by atoms with van der Waals surface area (Å²) in [5.41, 5.74) is 10.5. The number of rotatable bonds is 5. The SMILES string of the molecule is Cc1c(C#Cc2cccc3cc([C@@H](C)NC(=O)c4nc(C5=CCC=N5)cnc4N)n(-c4ccccc4)c(=O)c23)cnn1C. The zero-order valence-electron chi connectivity index (χ0n) is 23.9. The molecular formula is C33H28N8O2. The second-order valence-corrected chi connectivity index (χ2v) is 10.2. The maximum atomic E-state index is 14.3. The van der Waals surface area contributed by atoms with Crippen LogP contribution in [-0.4, -0.2) is 36.4 Å². The molecule has 0 spiro atoms. The van der Waals surface area contributed by atoms with Crippen LogP contribution in [0.4, 0.5) is 5.82 Å². The number of nitrogens with one attached hydrogen (secondary N) is 1. The van der Waals surface area contributed by atoms with E-state index in [9.17, 15) is 9.59 Å². The monoisotopic (exact) mass is 568 g/mol. The minimum absolute atomic E-state index is 0.00190. The van der Waals surface area contributed by atoms with Crippen molar-refractivity contribution in [2.75, 3.05) is 5.73 Å². The first kappa shape index (κ1) is 27.4. The fourth-order valence-electron chi connectivity index (χ4n) is 4.97. The Labute approximate surface area is 247 Å². The number of aryl methyl sites for hydroxylation is 1. The van der Waals surface area contributed by atoms with Gasteiger partial charge in [-0.15, -0.1) is 0 Å². The van der Waals surface area contributed by atoms with E-state index in [1.807, 2.05) is 81.6 Å². The van der Waals surface area contributed by atoms with Gasteiger partial charge in [-0.2, -0.15) is 5.10 Å². The van der Waals surface area contributed by atoms with Gasteiger partial charge in [-0.05, 0) is 43.5 Å². The molecule has 0 bridgehead atoms. The van der Waals surface area contributed by atoms with E-state index in [2.05, 4.69) is 37.2 Å². The topological polar surface area (TPSA) is 133 Å². The van der Waals surface area contributed by atoms with Gasteiger partial charge in [0.25, 0.3) is 11.5 Å². The Kier molecular flexibility index (Phi) is 7.14. The predicted molar refractivity (Wildman–Crippen MR) is 167 cm³/mol. The third-order valence-corrected chi connectivity index (χ3v) is 7.37. The third kappa shape index (κ3) is 5.20. The van der Waals surface area contributed by atoms with Gasteiger partial charge in [0.2, 0.25) is 0 Å². The van der Waals surface area contributed by atoms with Crippen molar-refractivity contribution in [3.8, 4) is 17.5 Å². The summed E-state index contributed by atoms with van der Waals surface area (Å²) in [4.78, 5) is 40.6. The van der Waals surface area contributed by atoms with Gasteiger partial charge in [0.1, 0.15) is 5.69 Å². The number of fused-ring (bicyclic) bond motifs is 1. The van der Waals surface area contributed by atoms with Crippen LogP contribution in [0.15, 0.2) is 82.9 Å². The summed E-state index contributed by atoms with van der Waals surface area (Å²) in [6.45, 7) is 3.75. The van der Waals surface area contributed by atoms with E-state index in [4.69, 9.17) is 5.73 Å². The fourth-order valence-corrected chi connectivity index (χ4v) is 4.97. The molecule has 3 aromatic heterocycles. The van der Waals surface area contributed by atoms with Crippen molar-refractivity contribution in [2.24, 2.45) is 12.0 Å². The number of anilines is 1. The van der Waals surface area contributed by atoms with Crippen molar-refractivity contribution in [1.29, 1.82) is 0 Å². The molecule has 1 aliphatic rings. The minimum Gasteiger partial charge on any atom is -0.382 e. The number of aromatic nitrogens is 5. The number of benzene rings is 2. The molecule has 43 heavy (non-hydrogen) atoms. The number of nitrogen functional groups attached to an aromatic ring is 1. The number of aliphatic imine (C=N–C) groups is 1. The van der Waals surface area contributed by atoms with Gasteiger partial charge < -0.3 is 11.1 Å². The molecule has 0 saturated heterocycles. The van der Waals surface area contributed by atoms with Crippen molar-refractivity contribution >= 4 is 34.4 Å². The van der Waals surface area contributed by atoms with Gasteiger partial charge in [0.15, 0.2) is 11.5 Å². The van der Waals surface area contributed by atoms with Gasteiger partial charge in [0, 0.05) is 36.6 Å². The lowest BCUT2D eigenvalue weighted by molar-refractivity contribution is 0.0934. The highest BCUT2D eigenvalue weighted by molar-refractivity contribution is 5.97. The predicted octanol–water partition coefficient (Wildman–Crippen LogP) is 4.11. The number of pyridine rings is 1. The molecule has 5 aromatic rings. The maximum Gasteiger partial charge on any atom is 0.274 e. The van der Waals surface area contributed by atoms with Crippen LogP contribution in [0, 0.1) is 18.8 Å². The van der Waals surface area contributed by atoms with Crippen LogP contribution in [-0.2, 0) is 7.05 Å². The van der Waals surface area contributed by atoms with Crippen molar-refractivity contribution in [3.05, 3.63) is 117 Å². The zero-order valence-corrected chi connectivity index (χ0v) is 23.9. The summed E-state index contributed by atoms with van der Waals surface area (Å²) in [6, 6.07) is 16.2. The molecular weight excluding hydrogens is 540 g/mol. The molecule has 0 radical (unpaired) electrons. The Morgan fingerprint density at radius 1 is 1.07 bits per heavy atom. The highest BCUT2D eigenvalue weighted by Crippen LogP contribution is 2.24. The molecule has 0 aliphatic carbocycles. The van der Waals surface area contributed by atoms with Crippen LogP contribution >= 0.6 is 0 Å². The first-order chi connectivity index (χ1) is 20.8. The molecule has 1 atom stereocenters. The lowest BCUT2D eigenvalue weighted by Gasteiger charge is -2.21. The highest BCUT2D eigenvalue weighted by Gasteiger charge is 2.22. The number of para-hydroxylation sites is 1. The van der Waals surface area contributed by atoms with Crippen LogP contribution in [0.25, 0.3) is 22.2 Å². The number of amides is 1. The van der Waals surface area contributed by atoms with E-state index in [0.717, 1.165) is 11.3 Å². The number of carbonyl (C=O) groups excluding carboxylic acids is 1. The first-order valence-corrected chi connectivity index (χ1v) is 13.7. The number of hydrogen-bond acceptors (Lipinski definition) is 7. The maximum absolute atomic E-state index is 14.3. The number of nitrogens with two attached hydrogens (primary N) is 1. The Morgan fingerprint density at radius 2 is 1.86 bits per heavy atom. The molecule has 4 heterocycles. The minimum atomic E-state index is -0.605. The van der Waals surface area contributed by atoms with Gasteiger partial charge in [-0.25, -0.2) is 9.97 Å². The van der Waals surface area contributed by atoms with E-state index in [1.54, 1.807) is 21.7 Å². The summed E-state index contributed by atoms with van der Waals surface area (Å²) in [7, 11) is 1.86. The van der Waals surface area contributed by atoms with Crippen LogP contribution in [0.5, 0.6) is 0 Å². The van der Waals surface area contributed by atoms with Crippen LogP contribution in [0.1, 0.15) is 58.1 Å². The summed E-state index contributed by atoms with van der Waals surface area (Å²) in [5.74, 6) is 5.84. The van der Waals surface area contributed by atoms with Crippen molar-refractivity contribution < 1.29 is 4.79 Å². The van der Waals surface area contributed by atoms with E-state index in [0.29, 0.717) is 45.5 Å². The largest absolute Gasteiger partial charge is 0.382 e. The third-order valence-electron chi connectivity index (χ3n) is 7.37.